The summed E-state index contributed by atoms with van der Waals surface area (Å²) < 4.78 is 11.4. The molecular weight excluding hydrogens is 368 g/mol. The molecule has 4 rings (SSSR count). The zero-order valence-corrected chi connectivity index (χ0v) is 16.3. The van der Waals surface area contributed by atoms with Crippen LogP contribution in [0.25, 0.3) is 0 Å². The van der Waals surface area contributed by atoms with Gasteiger partial charge in [-0.3, -0.25) is 10.6 Å². The number of ether oxygens (including phenoxy) is 2. The molecule has 2 saturated carbocycles. The van der Waals surface area contributed by atoms with Gasteiger partial charge in [-0.1, -0.05) is 36.4 Å². The fourth-order valence-electron chi connectivity index (χ4n) is 4.45. The minimum Gasteiger partial charge on any atom is -0.446 e. The lowest BCUT2D eigenvalue weighted by molar-refractivity contribution is -0.0444. The predicted molar refractivity (Wildman–Crippen MR) is 111 cm³/mol. The van der Waals surface area contributed by atoms with Crippen molar-refractivity contribution < 1.29 is 19.1 Å². The fraction of sp³-hybridized carbons (Fsp3) is 0.391. The smallest absolute Gasteiger partial charge is 0.411 e. The maximum Gasteiger partial charge on any atom is 0.411 e. The average Bonchev–Trinajstić information content (AvgIpc) is 2.73. The second-order valence-electron chi connectivity index (χ2n) is 7.78. The fourth-order valence-corrected chi connectivity index (χ4v) is 4.45. The number of amides is 2. The minimum atomic E-state index is -0.403. The molecule has 2 aromatic rings. The molecule has 2 aromatic carbocycles. The van der Waals surface area contributed by atoms with Gasteiger partial charge in [-0.25, -0.2) is 9.59 Å². The molecule has 4 atom stereocenters. The maximum atomic E-state index is 12.2. The second kappa shape index (κ2) is 8.99. The number of carbonyl (C=O) groups is 2. The monoisotopic (exact) mass is 394 g/mol. The van der Waals surface area contributed by atoms with E-state index in [4.69, 9.17) is 9.47 Å². The lowest BCUT2D eigenvalue weighted by Crippen LogP contribution is -2.43. The summed E-state index contributed by atoms with van der Waals surface area (Å²) in [4.78, 5) is 24.4. The zero-order chi connectivity index (χ0) is 20.1. The first-order valence-electron chi connectivity index (χ1n) is 10.2. The standard InChI is InChI=1S/C23H26N2O4/c26-22(24-18-7-3-1-4-8-18)28-20-13-11-17-15-16(20)12-14-21(17)29-23(27)25-19-9-5-2-6-10-19/h1-10,16-17,20-21H,11-15H2,(H,24,26)(H,25,27)/t16-,17+,20-,21+. The molecule has 0 aromatic heterocycles. The molecular formula is C23H26N2O4. The number of benzene rings is 2. The van der Waals surface area contributed by atoms with Gasteiger partial charge < -0.3 is 9.47 Å². The van der Waals surface area contributed by atoms with Crippen LogP contribution in [-0.2, 0) is 9.47 Å². The molecule has 2 N–H and O–H groups in total. The van der Waals surface area contributed by atoms with Crippen molar-refractivity contribution >= 4 is 23.6 Å². The number of para-hydroxylation sites is 2. The normalized spacial score (nSPS) is 25.5. The molecule has 6 heteroatoms. The van der Waals surface area contributed by atoms with Crippen LogP contribution in [0.1, 0.15) is 32.1 Å². The van der Waals surface area contributed by atoms with Crippen molar-refractivity contribution in [1.82, 2.24) is 0 Å². The highest BCUT2D eigenvalue weighted by Gasteiger charge is 2.41. The number of nitrogens with one attached hydrogen (secondary N) is 2. The quantitative estimate of drug-likeness (QED) is 0.725. The molecule has 152 valence electrons. The topological polar surface area (TPSA) is 76.7 Å². The summed E-state index contributed by atoms with van der Waals surface area (Å²) in [5, 5.41) is 5.56. The summed E-state index contributed by atoms with van der Waals surface area (Å²) in [5.41, 5.74) is 1.46. The van der Waals surface area contributed by atoms with Crippen LogP contribution in [0.2, 0.25) is 0 Å². The molecule has 29 heavy (non-hydrogen) atoms. The van der Waals surface area contributed by atoms with E-state index >= 15 is 0 Å². The number of fused-ring (bicyclic) bond motifs is 2. The van der Waals surface area contributed by atoms with Gasteiger partial charge in [0.25, 0.3) is 0 Å². The van der Waals surface area contributed by atoms with E-state index in [1.165, 1.54) is 0 Å². The van der Waals surface area contributed by atoms with Crippen molar-refractivity contribution in [3.8, 4) is 0 Å². The van der Waals surface area contributed by atoms with E-state index in [9.17, 15) is 9.59 Å². The number of hydrogen-bond donors (Lipinski definition) is 2. The Hall–Kier alpha value is -3.02. The van der Waals surface area contributed by atoms with Gasteiger partial charge in [-0.2, -0.15) is 0 Å². The largest absolute Gasteiger partial charge is 0.446 e. The third-order valence-corrected chi connectivity index (χ3v) is 5.86. The van der Waals surface area contributed by atoms with Gasteiger partial charge in [-0.05, 0) is 68.2 Å². The van der Waals surface area contributed by atoms with E-state index in [0.717, 1.165) is 43.5 Å². The first kappa shape index (κ1) is 19.3. The first-order chi connectivity index (χ1) is 14.2. The molecule has 2 aliphatic carbocycles. The van der Waals surface area contributed by atoms with Crippen molar-refractivity contribution in [2.45, 2.75) is 44.3 Å². The number of hydrogen-bond acceptors (Lipinski definition) is 4. The van der Waals surface area contributed by atoms with Crippen LogP contribution in [-0.4, -0.2) is 24.4 Å². The highest BCUT2D eigenvalue weighted by Crippen LogP contribution is 2.42. The first-order valence-corrected chi connectivity index (χ1v) is 10.2. The molecule has 2 bridgehead atoms. The molecule has 6 nitrogen and oxygen atoms in total. The average molecular weight is 394 g/mol. The third kappa shape index (κ3) is 5.08. The lowest BCUT2D eigenvalue weighted by Gasteiger charge is -2.43. The lowest BCUT2D eigenvalue weighted by atomic mass is 9.69. The Balaban J connectivity index is 1.25. The van der Waals surface area contributed by atoms with Gasteiger partial charge in [0, 0.05) is 11.4 Å². The Morgan fingerprint density at radius 1 is 0.655 bits per heavy atom. The summed E-state index contributed by atoms with van der Waals surface area (Å²) >= 11 is 0. The summed E-state index contributed by atoms with van der Waals surface area (Å²) in [6, 6.07) is 18.6. The van der Waals surface area contributed by atoms with Crippen LogP contribution in [0.15, 0.2) is 60.7 Å². The molecule has 0 radical (unpaired) electrons. The van der Waals surface area contributed by atoms with Crippen LogP contribution in [0.5, 0.6) is 0 Å². The Morgan fingerprint density at radius 3 is 1.48 bits per heavy atom. The summed E-state index contributed by atoms with van der Waals surface area (Å²) in [6.07, 6.45) is 3.36. The Bertz CT molecular complexity index is 758. The number of carbonyl (C=O) groups excluding carboxylic acids is 2. The van der Waals surface area contributed by atoms with E-state index in [0.29, 0.717) is 11.8 Å². The van der Waals surface area contributed by atoms with Gasteiger partial charge in [0.05, 0.1) is 0 Å². The molecule has 0 aliphatic heterocycles. The molecule has 0 unspecified atom stereocenters. The van der Waals surface area contributed by atoms with Crippen molar-refractivity contribution in [3.63, 3.8) is 0 Å². The molecule has 2 aliphatic rings. The van der Waals surface area contributed by atoms with E-state index in [1.807, 2.05) is 60.7 Å². The predicted octanol–water partition coefficient (Wildman–Crippen LogP) is 5.43. The number of anilines is 2. The van der Waals surface area contributed by atoms with Gasteiger partial charge in [0.2, 0.25) is 0 Å². The Morgan fingerprint density at radius 2 is 1.07 bits per heavy atom. The second-order valence-corrected chi connectivity index (χ2v) is 7.78. The van der Waals surface area contributed by atoms with Crippen molar-refractivity contribution in [2.75, 3.05) is 10.6 Å². The molecule has 2 amide bonds. The summed E-state index contributed by atoms with van der Waals surface area (Å²) in [5.74, 6) is 0.652. The molecule has 0 heterocycles. The van der Waals surface area contributed by atoms with E-state index in [2.05, 4.69) is 10.6 Å². The molecule has 2 fully saturated rings. The van der Waals surface area contributed by atoms with Crippen LogP contribution < -0.4 is 10.6 Å². The van der Waals surface area contributed by atoms with Crippen molar-refractivity contribution in [2.24, 2.45) is 11.8 Å². The van der Waals surface area contributed by atoms with E-state index < -0.39 is 12.2 Å². The van der Waals surface area contributed by atoms with Crippen LogP contribution in [0, 0.1) is 11.8 Å². The van der Waals surface area contributed by atoms with Crippen molar-refractivity contribution in [1.29, 1.82) is 0 Å². The van der Waals surface area contributed by atoms with Gasteiger partial charge in [0.15, 0.2) is 0 Å². The van der Waals surface area contributed by atoms with Gasteiger partial charge in [0.1, 0.15) is 12.2 Å². The number of rotatable bonds is 4. The highest BCUT2D eigenvalue weighted by atomic mass is 16.6. The Labute approximate surface area is 170 Å². The van der Waals surface area contributed by atoms with Crippen LogP contribution >= 0.6 is 0 Å². The minimum absolute atomic E-state index is 0.0749. The maximum absolute atomic E-state index is 12.2. The highest BCUT2D eigenvalue weighted by molar-refractivity contribution is 5.85. The van der Waals surface area contributed by atoms with E-state index in [-0.39, 0.29) is 12.2 Å². The molecule has 0 saturated heterocycles. The summed E-state index contributed by atoms with van der Waals surface area (Å²) in [6.45, 7) is 0. The Kier molecular flexibility index (Phi) is 5.98. The SMILES string of the molecule is O=C(Nc1ccccc1)O[C@H]1CC[C@@H]2C[C@@H]1CC[C@H]2OC(=O)Nc1ccccc1. The summed E-state index contributed by atoms with van der Waals surface area (Å²) in [7, 11) is 0. The third-order valence-electron chi connectivity index (χ3n) is 5.86. The van der Waals surface area contributed by atoms with Crippen LogP contribution in [0.3, 0.4) is 0 Å². The van der Waals surface area contributed by atoms with Crippen molar-refractivity contribution in [3.05, 3.63) is 60.7 Å². The molecule has 0 spiro atoms. The zero-order valence-electron chi connectivity index (χ0n) is 16.3. The van der Waals surface area contributed by atoms with Gasteiger partial charge >= 0.3 is 12.2 Å². The van der Waals surface area contributed by atoms with E-state index in [1.54, 1.807) is 0 Å². The van der Waals surface area contributed by atoms with Crippen LogP contribution in [0.4, 0.5) is 21.0 Å². The van der Waals surface area contributed by atoms with Gasteiger partial charge in [-0.15, -0.1) is 0 Å².